The summed E-state index contributed by atoms with van der Waals surface area (Å²) in [5.41, 5.74) is 2.24. The number of para-hydroxylation sites is 1. The number of aliphatic imine (C=N–C) groups is 1. The van der Waals surface area contributed by atoms with E-state index in [0.717, 1.165) is 28.6 Å². The van der Waals surface area contributed by atoms with E-state index < -0.39 is 0 Å². The summed E-state index contributed by atoms with van der Waals surface area (Å²) in [6, 6.07) is 16.0. The minimum absolute atomic E-state index is 0. The Balaban J connectivity index is 0.00000392. The Labute approximate surface area is 184 Å². The van der Waals surface area contributed by atoms with Gasteiger partial charge in [0.25, 0.3) is 0 Å². The second-order valence-corrected chi connectivity index (χ2v) is 5.81. The first-order valence-electron chi connectivity index (χ1n) is 9.12. The molecule has 0 spiro atoms. The number of benzene rings is 2. The first-order chi connectivity index (χ1) is 13.3. The van der Waals surface area contributed by atoms with Gasteiger partial charge in [0.1, 0.15) is 18.1 Å². The smallest absolute Gasteiger partial charge is 0.191 e. The number of hydrogen-bond donors (Lipinski definition) is 2. The van der Waals surface area contributed by atoms with Gasteiger partial charge in [0, 0.05) is 32.8 Å². The van der Waals surface area contributed by atoms with Gasteiger partial charge >= 0.3 is 0 Å². The van der Waals surface area contributed by atoms with Crippen molar-refractivity contribution in [1.82, 2.24) is 10.6 Å². The molecule has 0 aliphatic carbocycles. The van der Waals surface area contributed by atoms with Crippen molar-refractivity contribution in [3.63, 3.8) is 0 Å². The van der Waals surface area contributed by atoms with Crippen LogP contribution in [0, 0.1) is 0 Å². The molecule has 0 heterocycles. The van der Waals surface area contributed by atoms with E-state index in [4.69, 9.17) is 14.2 Å². The Morgan fingerprint density at radius 2 is 1.64 bits per heavy atom. The molecule has 7 heteroatoms. The summed E-state index contributed by atoms with van der Waals surface area (Å²) in [5, 5.41) is 6.64. The molecule has 2 aromatic rings. The fourth-order valence-electron chi connectivity index (χ4n) is 2.48. The van der Waals surface area contributed by atoms with Gasteiger partial charge in [0.05, 0.1) is 13.2 Å². The Morgan fingerprint density at radius 1 is 0.929 bits per heavy atom. The molecule has 28 heavy (non-hydrogen) atoms. The number of hydrogen-bond acceptors (Lipinski definition) is 4. The number of halogens is 1. The van der Waals surface area contributed by atoms with Crippen LogP contribution < -0.4 is 20.1 Å². The average Bonchev–Trinajstić information content (AvgIpc) is 2.70. The maximum Gasteiger partial charge on any atom is 0.191 e. The largest absolute Gasteiger partial charge is 0.494 e. The summed E-state index contributed by atoms with van der Waals surface area (Å²) >= 11 is 0. The normalized spacial score (nSPS) is 10.8. The predicted octanol–water partition coefficient (Wildman–Crippen LogP) is 3.59. The van der Waals surface area contributed by atoms with E-state index in [0.29, 0.717) is 32.9 Å². The van der Waals surface area contributed by atoms with Gasteiger partial charge in [-0.15, -0.1) is 24.0 Å². The second kappa shape index (κ2) is 14.1. The molecular formula is C21H30IN3O3. The van der Waals surface area contributed by atoms with Crippen molar-refractivity contribution in [2.45, 2.75) is 20.0 Å². The van der Waals surface area contributed by atoms with Crippen LogP contribution in [0.2, 0.25) is 0 Å². The SMILES string of the molecule is CCOc1ccccc1CNC(=NC)NCc1ccc(OCCOC)cc1.I. The average molecular weight is 499 g/mol. The van der Waals surface area contributed by atoms with Crippen molar-refractivity contribution in [2.75, 3.05) is 34.0 Å². The number of nitrogens with zero attached hydrogens (tertiary/aromatic N) is 1. The molecule has 0 amide bonds. The monoisotopic (exact) mass is 499 g/mol. The van der Waals surface area contributed by atoms with Gasteiger partial charge in [0.15, 0.2) is 5.96 Å². The van der Waals surface area contributed by atoms with Crippen molar-refractivity contribution >= 4 is 29.9 Å². The molecule has 0 saturated carbocycles. The number of ether oxygens (including phenoxy) is 3. The van der Waals surface area contributed by atoms with Crippen molar-refractivity contribution in [1.29, 1.82) is 0 Å². The third-order valence-corrected chi connectivity index (χ3v) is 3.88. The van der Waals surface area contributed by atoms with Gasteiger partial charge in [-0.2, -0.15) is 0 Å². The summed E-state index contributed by atoms with van der Waals surface area (Å²) in [4.78, 5) is 4.28. The number of nitrogens with one attached hydrogen (secondary N) is 2. The number of rotatable bonds is 10. The topological polar surface area (TPSA) is 64.1 Å². The van der Waals surface area contributed by atoms with E-state index in [1.807, 2.05) is 55.5 Å². The first kappa shape index (κ1) is 24.0. The highest BCUT2D eigenvalue weighted by Crippen LogP contribution is 2.17. The van der Waals surface area contributed by atoms with E-state index in [1.54, 1.807) is 14.2 Å². The lowest BCUT2D eigenvalue weighted by Crippen LogP contribution is -2.36. The highest BCUT2D eigenvalue weighted by atomic mass is 127. The first-order valence-corrected chi connectivity index (χ1v) is 9.12. The van der Waals surface area contributed by atoms with Crippen LogP contribution in [-0.4, -0.2) is 39.9 Å². The molecule has 0 aliphatic heterocycles. The van der Waals surface area contributed by atoms with Gasteiger partial charge in [-0.1, -0.05) is 30.3 Å². The van der Waals surface area contributed by atoms with Gasteiger partial charge < -0.3 is 24.8 Å². The fraction of sp³-hybridized carbons (Fsp3) is 0.381. The van der Waals surface area contributed by atoms with Crippen LogP contribution in [0.5, 0.6) is 11.5 Å². The van der Waals surface area contributed by atoms with E-state index in [1.165, 1.54) is 0 Å². The Morgan fingerprint density at radius 3 is 2.32 bits per heavy atom. The third-order valence-electron chi connectivity index (χ3n) is 3.88. The maximum absolute atomic E-state index is 5.66. The molecule has 154 valence electrons. The predicted molar refractivity (Wildman–Crippen MR) is 124 cm³/mol. The van der Waals surface area contributed by atoms with Crippen LogP contribution in [0.3, 0.4) is 0 Å². The van der Waals surface area contributed by atoms with Crippen LogP contribution in [0.15, 0.2) is 53.5 Å². The molecule has 0 aliphatic rings. The van der Waals surface area contributed by atoms with Crippen LogP contribution in [0.4, 0.5) is 0 Å². The van der Waals surface area contributed by atoms with Gasteiger partial charge in [-0.3, -0.25) is 4.99 Å². The van der Waals surface area contributed by atoms with Crippen molar-refractivity contribution in [3.05, 3.63) is 59.7 Å². The highest BCUT2D eigenvalue weighted by Gasteiger charge is 2.04. The lowest BCUT2D eigenvalue weighted by molar-refractivity contribution is 0.146. The Bertz CT molecular complexity index is 708. The van der Waals surface area contributed by atoms with Gasteiger partial charge in [-0.05, 0) is 30.7 Å². The summed E-state index contributed by atoms with van der Waals surface area (Å²) < 4.78 is 16.2. The highest BCUT2D eigenvalue weighted by molar-refractivity contribution is 14.0. The van der Waals surface area contributed by atoms with Crippen LogP contribution in [-0.2, 0) is 17.8 Å². The molecular weight excluding hydrogens is 469 g/mol. The minimum Gasteiger partial charge on any atom is -0.494 e. The molecule has 0 saturated heterocycles. The molecule has 0 radical (unpaired) electrons. The molecule has 6 nitrogen and oxygen atoms in total. The zero-order chi connectivity index (χ0) is 19.3. The van der Waals surface area contributed by atoms with Crippen LogP contribution in [0.1, 0.15) is 18.1 Å². The van der Waals surface area contributed by atoms with Crippen molar-refractivity contribution < 1.29 is 14.2 Å². The fourth-order valence-corrected chi connectivity index (χ4v) is 2.48. The zero-order valence-electron chi connectivity index (χ0n) is 16.7. The quantitative estimate of drug-likeness (QED) is 0.227. The van der Waals surface area contributed by atoms with E-state index in [-0.39, 0.29) is 24.0 Å². The zero-order valence-corrected chi connectivity index (χ0v) is 19.1. The standard InChI is InChI=1S/C21H29N3O3.HI/c1-4-26-20-8-6-5-7-18(20)16-24-21(22-2)23-15-17-9-11-19(12-10-17)27-14-13-25-3;/h5-12H,4,13-16H2,1-3H3,(H2,22,23,24);1H. The van der Waals surface area contributed by atoms with E-state index >= 15 is 0 Å². The second-order valence-electron chi connectivity index (χ2n) is 5.81. The molecule has 2 aromatic carbocycles. The lowest BCUT2D eigenvalue weighted by atomic mass is 10.2. The van der Waals surface area contributed by atoms with Crippen molar-refractivity contribution in [2.24, 2.45) is 4.99 Å². The maximum atomic E-state index is 5.66. The minimum atomic E-state index is 0. The Hall–Kier alpha value is -2.00. The lowest BCUT2D eigenvalue weighted by Gasteiger charge is -2.14. The molecule has 0 fully saturated rings. The summed E-state index contributed by atoms with van der Waals surface area (Å²) in [6.07, 6.45) is 0. The molecule has 2 rings (SSSR count). The van der Waals surface area contributed by atoms with Gasteiger partial charge in [0.2, 0.25) is 0 Å². The van der Waals surface area contributed by atoms with Crippen LogP contribution in [0.25, 0.3) is 0 Å². The molecule has 0 aromatic heterocycles. The summed E-state index contributed by atoms with van der Waals surface area (Å²) in [5.74, 6) is 2.47. The number of guanidine groups is 1. The molecule has 2 N–H and O–H groups in total. The number of methoxy groups -OCH3 is 1. The summed E-state index contributed by atoms with van der Waals surface area (Å²) in [6.45, 7) is 5.08. The molecule has 0 unspecified atom stereocenters. The third kappa shape index (κ3) is 8.35. The van der Waals surface area contributed by atoms with Crippen LogP contribution >= 0.6 is 24.0 Å². The van der Waals surface area contributed by atoms with Crippen molar-refractivity contribution in [3.8, 4) is 11.5 Å². The summed E-state index contributed by atoms with van der Waals surface area (Å²) in [7, 11) is 3.42. The Kier molecular flexibility index (Phi) is 12.1. The molecule has 0 atom stereocenters. The van der Waals surface area contributed by atoms with E-state index in [2.05, 4.69) is 15.6 Å². The molecule has 0 bridgehead atoms. The van der Waals surface area contributed by atoms with Gasteiger partial charge in [-0.25, -0.2) is 0 Å². The van der Waals surface area contributed by atoms with E-state index in [9.17, 15) is 0 Å².